The lowest BCUT2D eigenvalue weighted by Gasteiger charge is -2.38. The van der Waals surface area contributed by atoms with E-state index in [0.29, 0.717) is 24.9 Å². The van der Waals surface area contributed by atoms with E-state index in [1.54, 1.807) is 0 Å². The van der Waals surface area contributed by atoms with E-state index < -0.39 is 12.1 Å². The van der Waals surface area contributed by atoms with Gasteiger partial charge in [-0.05, 0) is 68.1 Å². The number of aliphatic hydroxyl groups is 1. The van der Waals surface area contributed by atoms with Crippen molar-refractivity contribution in [1.82, 2.24) is 0 Å². The highest BCUT2D eigenvalue weighted by atomic mass is 19.1. The first-order chi connectivity index (χ1) is 16.0. The molecule has 0 radical (unpaired) electrons. The number of carbonyl (C=O) groups is 1. The minimum Gasteiger partial charge on any atom is -0.481 e. The van der Waals surface area contributed by atoms with Gasteiger partial charge < -0.3 is 14.9 Å². The van der Waals surface area contributed by atoms with Gasteiger partial charge in [-0.3, -0.25) is 4.79 Å². The van der Waals surface area contributed by atoms with E-state index in [2.05, 4.69) is 18.2 Å². The molecule has 5 heteroatoms. The molecule has 1 heterocycles. The van der Waals surface area contributed by atoms with Gasteiger partial charge in [0.05, 0.1) is 18.8 Å². The van der Waals surface area contributed by atoms with Crippen LogP contribution in [0.1, 0.15) is 69.8 Å². The summed E-state index contributed by atoms with van der Waals surface area (Å²) in [6.07, 6.45) is 17.4. The van der Waals surface area contributed by atoms with Crippen molar-refractivity contribution in [3.8, 4) is 0 Å². The van der Waals surface area contributed by atoms with Crippen LogP contribution in [0.15, 0.2) is 48.6 Å². The van der Waals surface area contributed by atoms with E-state index >= 15 is 0 Å². The second kappa shape index (κ2) is 11.0. The first-order valence-corrected chi connectivity index (χ1v) is 12.6. The Morgan fingerprint density at radius 3 is 2.67 bits per heavy atom. The van der Waals surface area contributed by atoms with Gasteiger partial charge in [-0.25, -0.2) is 4.39 Å². The van der Waals surface area contributed by atoms with Crippen molar-refractivity contribution in [2.45, 2.75) is 81.8 Å². The Bertz CT molecular complexity index is 842. The van der Waals surface area contributed by atoms with Crippen molar-refractivity contribution in [2.75, 3.05) is 6.61 Å². The molecule has 2 N–H and O–H groups in total. The van der Waals surface area contributed by atoms with Gasteiger partial charge in [0.2, 0.25) is 0 Å². The summed E-state index contributed by atoms with van der Waals surface area (Å²) in [4.78, 5) is 10.7. The van der Waals surface area contributed by atoms with Crippen LogP contribution in [-0.2, 0) is 14.9 Å². The number of hydrogen-bond acceptors (Lipinski definition) is 3. The van der Waals surface area contributed by atoms with E-state index in [9.17, 15) is 14.3 Å². The number of aliphatic carboxylic acids is 1. The molecule has 1 saturated heterocycles. The normalized spacial score (nSPS) is 31.0. The maximum Gasteiger partial charge on any atom is 0.303 e. The molecule has 1 aromatic rings. The number of benzene rings is 1. The highest BCUT2D eigenvalue weighted by molar-refractivity contribution is 5.66. The van der Waals surface area contributed by atoms with Gasteiger partial charge in [-0.2, -0.15) is 0 Å². The number of fused-ring (bicyclic) bond motifs is 2. The fourth-order valence-electron chi connectivity index (χ4n) is 6.31. The zero-order valence-electron chi connectivity index (χ0n) is 19.4. The molecule has 4 nitrogen and oxygen atoms in total. The highest BCUT2D eigenvalue weighted by Gasteiger charge is 2.58. The first kappa shape index (κ1) is 24.2. The molecule has 2 aliphatic carbocycles. The lowest BCUT2D eigenvalue weighted by Crippen LogP contribution is -2.39. The average molecular weight is 457 g/mol. The molecule has 5 atom stereocenters. The summed E-state index contributed by atoms with van der Waals surface area (Å²) in [6, 6.07) is 6.86. The van der Waals surface area contributed by atoms with Crippen LogP contribution in [0.2, 0.25) is 0 Å². The van der Waals surface area contributed by atoms with Gasteiger partial charge in [-0.1, -0.05) is 55.7 Å². The number of carboxylic acids is 1. The Morgan fingerprint density at radius 1 is 1.18 bits per heavy atom. The Labute approximate surface area is 196 Å². The van der Waals surface area contributed by atoms with Crippen LogP contribution >= 0.6 is 0 Å². The molecule has 2 bridgehead atoms. The van der Waals surface area contributed by atoms with Gasteiger partial charge >= 0.3 is 5.97 Å². The van der Waals surface area contributed by atoms with Crippen LogP contribution < -0.4 is 0 Å². The van der Waals surface area contributed by atoms with Crippen molar-refractivity contribution >= 4 is 5.97 Å². The van der Waals surface area contributed by atoms with Crippen molar-refractivity contribution in [1.29, 1.82) is 0 Å². The van der Waals surface area contributed by atoms with Crippen LogP contribution in [0.25, 0.3) is 0 Å². The zero-order valence-corrected chi connectivity index (χ0v) is 19.4. The maximum atomic E-state index is 13.6. The second-order valence-corrected chi connectivity index (χ2v) is 10.2. The third kappa shape index (κ3) is 5.58. The minimum absolute atomic E-state index is 0.107. The smallest absolute Gasteiger partial charge is 0.303 e. The minimum atomic E-state index is -0.759. The molecule has 33 heavy (non-hydrogen) atoms. The summed E-state index contributed by atoms with van der Waals surface area (Å²) in [5, 5.41) is 19.6. The van der Waals surface area contributed by atoms with Gasteiger partial charge in [-0.15, -0.1) is 0 Å². The molecule has 3 fully saturated rings. The first-order valence-electron chi connectivity index (χ1n) is 12.6. The van der Waals surface area contributed by atoms with Gasteiger partial charge in [0.25, 0.3) is 0 Å². The number of rotatable bonds is 10. The molecular formula is C28H37FO4. The van der Waals surface area contributed by atoms with Crippen LogP contribution in [0, 0.1) is 23.6 Å². The number of aliphatic hydroxyl groups excluding tert-OH is 1. The predicted octanol–water partition coefficient (Wildman–Crippen LogP) is 5.80. The number of ether oxygens (including phenoxy) is 1. The Balaban J connectivity index is 1.50. The molecular weight excluding hydrogens is 419 g/mol. The highest BCUT2D eigenvalue weighted by Crippen LogP contribution is 2.57. The second-order valence-electron chi connectivity index (χ2n) is 10.2. The number of hydrogen-bond donors (Lipinski definition) is 2. The van der Waals surface area contributed by atoms with Gasteiger partial charge in [0.15, 0.2) is 0 Å². The lowest BCUT2D eigenvalue weighted by molar-refractivity contribution is -0.137. The summed E-state index contributed by atoms with van der Waals surface area (Å²) in [5.74, 6) is -0.137. The molecule has 1 aliphatic heterocycles. The predicted molar refractivity (Wildman–Crippen MR) is 126 cm³/mol. The molecule has 1 aromatic carbocycles. The molecule has 0 spiro atoms. The third-order valence-electron chi connectivity index (χ3n) is 8.12. The van der Waals surface area contributed by atoms with Crippen molar-refractivity contribution < 1.29 is 24.1 Å². The number of unbranched alkanes of at least 4 members (excludes halogenated alkanes) is 1. The quantitative estimate of drug-likeness (QED) is 0.345. The molecule has 0 unspecified atom stereocenters. The summed E-state index contributed by atoms with van der Waals surface area (Å²) in [5.41, 5.74) is 0.966. The van der Waals surface area contributed by atoms with Gasteiger partial charge in [0.1, 0.15) is 5.82 Å². The molecule has 2 saturated carbocycles. The third-order valence-corrected chi connectivity index (χ3v) is 8.12. The number of halogens is 1. The molecule has 0 aromatic heterocycles. The fourth-order valence-corrected chi connectivity index (χ4v) is 6.31. The van der Waals surface area contributed by atoms with E-state index in [0.717, 1.165) is 37.7 Å². The Kier molecular flexibility index (Phi) is 8.02. The number of allylic oxidation sites excluding steroid dienone is 2. The van der Waals surface area contributed by atoms with Crippen LogP contribution in [0.5, 0.6) is 0 Å². The summed E-state index contributed by atoms with van der Waals surface area (Å²) < 4.78 is 19.8. The van der Waals surface area contributed by atoms with Crippen LogP contribution in [0.4, 0.5) is 4.39 Å². The topological polar surface area (TPSA) is 66.8 Å². The molecule has 4 rings (SSSR count). The Hall–Kier alpha value is -1.98. The van der Waals surface area contributed by atoms with E-state index in [-0.39, 0.29) is 29.7 Å². The summed E-state index contributed by atoms with van der Waals surface area (Å²) in [6.45, 7) is 0.635. The van der Waals surface area contributed by atoms with Crippen molar-refractivity contribution in [2.24, 2.45) is 17.8 Å². The SMILES string of the molecule is O=C(O)CCC/C=C\C[C@H]1[C@H](/C=C/[C@@H](O)C2CCCCC2)[C@@H]2C[C@@]1(c1ccc(F)cc1)CO2. The van der Waals surface area contributed by atoms with Gasteiger partial charge in [0, 0.05) is 17.8 Å². The lowest BCUT2D eigenvalue weighted by atomic mass is 9.69. The monoisotopic (exact) mass is 456 g/mol. The van der Waals surface area contributed by atoms with Crippen LogP contribution in [0.3, 0.4) is 0 Å². The summed E-state index contributed by atoms with van der Waals surface area (Å²) in [7, 11) is 0. The zero-order chi connectivity index (χ0) is 23.3. The standard InChI is InChI=1S/C28H37FO4/c29-22-14-12-21(13-15-22)28-18-26(33-19-28)23(16-17-25(30)20-8-4-3-5-9-20)24(28)10-6-1-2-7-11-27(31)32/h1,6,12-17,20,23-26,30H,2-5,7-11,18-19H2,(H,31,32)/b6-1-,17-16+/t23-,24-,25+,26-,28-/m0/s1. The van der Waals surface area contributed by atoms with Crippen molar-refractivity contribution in [3.63, 3.8) is 0 Å². The maximum absolute atomic E-state index is 13.6. The molecule has 3 aliphatic rings. The fraction of sp³-hybridized carbons (Fsp3) is 0.607. The number of carboxylic acid groups (broad SMARTS) is 1. The van der Waals surface area contributed by atoms with Crippen LogP contribution in [-0.4, -0.2) is 35.0 Å². The average Bonchev–Trinajstić information content (AvgIpc) is 3.38. The van der Waals surface area contributed by atoms with Crippen molar-refractivity contribution in [3.05, 3.63) is 60.0 Å². The summed E-state index contributed by atoms with van der Waals surface area (Å²) >= 11 is 0. The van der Waals surface area contributed by atoms with E-state index in [1.807, 2.05) is 18.2 Å². The Morgan fingerprint density at radius 2 is 1.94 bits per heavy atom. The molecule has 0 amide bonds. The van der Waals surface area contributed by atoms with E-state index in [1.165, 1.54) is 31.4 Å². The largest absolute Gasteiger partial charge is 0.481 e. The molecule has 180 valence electrons. The van der Waals surface area contributed by atoms with E-state index in [4.69, 9.17) is 9.84 Å².